The van der Waals surface area contributed by atoms with Crippen molar-refractivity contribution >= 4 is 5.91 Å². The number of piperazine rings is 1. The minimum atomic E-state index is -0.497. The molecule has 4 rings (SSSR count). The van der Waals surface area contributed by atoms with Crippen LogP contribution >= 0.6 is 0 Å². The minimum absolute atomic E-state index is 0.0814. The van der Waals surface area contributed by atoms with Gasteiger partial charge in [0.1, 0.15) is 24.2 Å². The van der Waals surface area contributed by atoms with E-state index in [4.69, 9.17) is 0 Å². The van der Waals surface area contributed by atoms with Gasteiger partial charge >= 0.3 is 0 Å². The van der Waals surface area contributed by atoms with Crippen molar-refractivity contribution in [1.29, 1.82) is 5.26 Å². The molecule has 1 aromatic heterocycles. The van der Waals surface area contributed by atoms with Crippen molar-refractivity contribution in [2.75, 3.05) is 26.2 Å². The number of hydrogen-bond donors (Lipinski definition) is 0. The molecule has 8 nitrogen and oxygen atoms in total. The molecule has 158 valence electrons. The van der Waals surface area contributed by atoms with Crippen LogP contribution in [0.3, 0.4) is 0 Å². The smallest absolute Gasteiger partial charge is 0.246 e. The van der Waals surface area contributed by atoms with Crippen LogP contribution in [-0.2, 0) is 11.3 Å². The van der Waals surface area contributed by atoms with Crippen LogP contribution in [0.25, 0.3) is 11.4 Å². The summed E-state index contributed by atoms with van der Waals surface area (Å²) in [5, 5.41) is 21.5. The van der Waals surface area contributed by atoms with E-state index in [0.29, 0.717) is 31.7 Å². The maximum atomic E-state index is 13.4. The van der Waals surface area contributed by atoms with E-state index < -0.39 is 11.9 Å². The molecular weight excluding hydrogens is 404 g/mol. The van der Waals surface area contributed by atoms with Gasteiger partial charge in [0.2, 0.25) is 11.7 Å². The second-order valence-corrected chi connectivity index (χ2v) is 7.15. The van der Waals surface area contributed by atoms with Gasteiger partial charge in [0.25, 0.3) is 0 Å². The van der Waals surface area contributed by atoms with E-state index in [1.807, 2.05) is 4.90 Å². The van der Waals surface area contributed by atoms with E-state index >= 15 is 0 Å². The van der Waals surface area contributed by atoms with Crippen LogP contribution in [0.15, 0.2) is 48.5 Å². The Hall–Kier alpha value is -3.71. The summed E-state index contributed by atoms with van der Waals surface area (Å²) in [5.41, 5.74) is 1.20. The number of aromatic nitrogens is 4. The molecule has 0 N–H and O–H groups in total. The number of nitrogens with zero attached hydrogens (tertiary/aromatic N) is 7. The average Bonchev–Trinajstić information content (AvgIpc) is 3.24. The highest BCUT2D eigenvalue weighted by Crippen LogP contribution is 2.22. The van der Waals surface area contributed by atoms with Gasteiger partial charge in [-0.3, -0.25) is 9.69 Å². The molecule has 3 aromatic rings. The highest BCUT2D eigenvalue weighted by Gasteiger charge is 2.27. The second kappa shape index (κ2) is 8.97. The Morgan fingerprint density at radius 2 is 1.81 bits per heavy atom. The van der Waals surface area contributed by atoms with E-state index in [1.54, 1.807) is 29.2 Å². The zero-order valence-corrected chi connectivity index (χ0v) is 16.5. The lowest BCUT2D eigenvalue weighted by Gasteiger charge is -2.36. The Kier molecular flexibility index (Phi) is 5.95. The molecule has 1 amide bonds. The quantitative estimate of drug-likeness (QED) is 0.624. The summed E-state index contributed by atoms with van der Waals surface area (Å²) in [7, 11) is 0. The number of carbonyl (C=O) groups excluding carboxylic acids is 1. The number of nitriles is 1. The third kappa shape index (κ3) is 4.73. The van der Waals surface area contributed by atoms with Crippen molar-refractivity contribution < 1.29 is 13.6 Å². The molecule has 0 spiro atoms. The Bertz CT molecular complexity index is 1100. The number of amides is 1. The first-order chi connectivity index (χ1) is 15.0. The van der Waals surface area contributed by atoms with E-state index in [-0.39, 0.29) is 24.1 Å². The largest absolute Gasteiger partial charge is 0.338 e. The van der Waals surface area contributed by atoms with Gasteiger partial charge < -0.3 is 4.90 Å². The van der Waals surface area contributed by atoms with Gasteiger partial charge in [-0.2, -0.15) is 10.1 Å². The van der Waals surface area contributed by atoms with Crippen molar-refractivity contribution in [3.05, 3.63) is 65.7 Å². The number of hydrogen-bond acceptors (Lipinski definition) is 6. The molecule has 1 aliphatic heterocycles. The number of tetrazole rings is 1. The number of benzene rings is 2. The van der Waals surface area contributed by atoms with E-state index in [1.165, 1.54) is 29.1 Å². The van der Waals surface area contributed by atoms with Gasteiger partial charge in [-0.05, 0) is 35.0 Å². The molecule has 1 aliphatic rings. The molecule has 0 bridgehead atoms. The third-order valence-corrected chi connectivity index (χ3v) is 5.15. The standard InChI is InChI=1S/C21H19F2N7O/c22-17-6-4-15(5-7-17)19(13-24)28-8-10-29(11-9-28)20(31)14-30-26-21(25-27-30)16-2-1-3-18(23)12-16/h1-7,12,19H,8-11,14H2. The highest BCUT2D eigenvalue weighted by atomic mass is 19.1. The fourth-order valence-corrected chi connectivity index (χ4v) is 3.52. The third-order valence-electron chi connectivity index (χ3n) is 5.15. The monoisotopic (exact) mass is 423 g/mol. The predicted molar refractivity (Wildman–Crippen MR) is 106 cm³/mol. The van der Waals surface area contributed by atoms with Crippen LogP contribution in [0.5, 0.6) is 0 Å². The molecule has 1 atom stereocenters. The fraction of sp³-hybridized carbons (Fsp3) is 0.286. The van der Waals surface area contributed by atoms with Crippen LogP contribution < -0.4 is 0 Å². The Morgan fingerprint density at radius 1 is 1.06 bits per heavy atom. The molecule has 0 aliphatic carbocycles. The lowest BCUT2D eigenvalue weighted by atomic mass is 10.1. The van der Waals surface area contributed by atoms with Crippen LogP contribution in [0.4, 0.5) is 8.78 Å². The number of carbonyl (C=O) groups is 1. The SMILES string of the molecule is N#CC(c1ccc(F)cc1)N1CCN(C(=O)Cn2nnc(-c3cccc(F)c3)n2)CC1. The Morgan fingerprint density at radius 3 is 2.48 bits per heavy atom. The molecule has 2 heterocycles. The predicted octanol–water partition coefficient (Wildman–Crippen LogP) is 2.03. The molecule has 0 radical (unpaired) electrons. The van der Waals surface area contributed by atoms with Gasteiger partial charge in [-0.25, -0.2) is 8.78 Å². The van der Waals surface area contributed by atoms with Gasteiger partial charge in [-0.1, -0.05) is 24.3 Å². The van der Waals surface area contributed by atoms with Crippen molar-refractivity contribution in [3.63, 3.8) is 0 Å². The van der Waals surface area contributed by atoms with Crippen LogP contribution in [0.1, 0.15) is 11.6 Å². The zero-order chi connectivity index (χ0) is 21.8. The molecule has 10 heteroatoms. The normalized spacial score (nSPS) is 15.5. The topological polar surface area (TPSA) is 90.9 Å². The van der Waals surface area contributed by atoms with E-state index in [2.05, 4.69) is 21.5 Å². The van der Waals surface area contributed by atoms with Crippen molar-refractivity contribution in [3.8, 4) is 17.5 Å². The lowest BCUT2D eigenvalue weighted by Crippen LogP contribution is -2.50. The first-order valence-corrected chi connectivity index (χ1v) is 9.74. The second-order valence-electron chi connectivity index (χ2n) is 7.15. The lowest BCUT2D eigenvalue weighted by molar-refractivity contribution is -0.134. The number of halogens is 2. The Labute approximate surface area is 177 Å². The first kappa shape index (κ1) is 20.6. The summed E-state index contributed by atoms with van der Waals surface area (Å²) in [5.74, 6) is -0.677. The molecule has 1 fully saturated rings. The van der Waals surface area contributed by atoms with Gasteiger partial charge in [0, 0.05) is 31.7 Å². The fourth-order valence-electron chi connectivity index (χ4n) is 3.52. The van der Waals surface area contributed by atoms with Crippen molar-refractivity contribution in [2.45, 2.75) is 12.6 Å². The van der Waals surface area contributed by atoms with Gasteiger partial charge in [0.15, 0.2) is 0 Å². The summed E-state index contributed by atoms with van der Waals surface area (Å²) in [4.78, 5) is 17.5. The van der Waals surface area contributed by atoms with E-state index in [9.17, 15) is 18.8 Å². The molecular formula is C21H19F2N7O. The van der Waals surface area contributed by atoms with Gasteiger partial charge in [0.05, 0.1) is 6.07 Å². The zero-order valence-electron chi connectivity index (χ0n) is 16.5. The maximum Gasteiger partial charge on any atom is 0.246 e. The van der Waals surface area contributed by atoms with Crippen LogP contribution in [0.2, 0.25) is 0 Å². The van der Waals surface area contributed by atoms with Crippen molar-refractivity contribution in [1.82, 2.24) is 30.0 Å². The molecule has 1 unspecified atom stereocenters. The van der Waals surface area contributed by atoms with Crippen molar-refractivity contribution in [2.24, 2.45) is 0 Å². The summed E-state index contributed by atoms with van der Waals surface area (Å²) < 4.78 is 26.5. The van der Waals surface area contributed by atoms with Crippen LogP contribution in [0, 0.1) is 23.0 Å². The minimum Gasteiger partial charge on any atom is -0.338 e. The molecule has 1 saturated heterocycles. The molecule has 31 heavy (non-hydrogen) atoms. The summed E-state index contributed by atoms with van der Waals surface area (Å²) in [6.45, 7) is 1.84. The number of rotatable bonds is 5. The molecule has 2 aromatic carbocycles. The van der Waals surface area contributed by atoms with Crippen LogP contribution in [-0.4, -0.2) is 62.1 Å². The summed E-state index contributed by atoms with van der Waals surface area (Å²) in [6.07, 6.45) is 0. The highest BCUT2D eigenvalue weighted by molar-refractivity contribution is 5.76. The van der Waals surface area contributed by atoms with E-state index in [0.717, 1.165) is 5.56 Å². The summed E-state index contributed by atoms with van der Waals surface area (Å²) >= 11 is 0. The first-order valence-electron chi connectivity index (χ1n) is 9.74. The summed E-state index contributed by atoms with van der Waals surface area (Å²) in [6, 6.07) is 13.5. The Balaban J connectivity index is 1.34. The molecule has 0 saturated carbocycles. The van der Waals surface area contributed by atoms with Gasteiger partial charge in [-0.15, -0.1) is 10.2 Å². The average molecular weight is 423 g/mol. The maximum absolute atomic E-state index is 13.4.